The number of nitrogens with zero attached hydrogens (tertiary/aromatic N) is 1. The average molecular weight is 239 g/mol. The van der Waals surface area contributed by atoms with Crippen LogP contribution in [0.5, 0.6) is 0 Å². The minimum Gasteiger partial charge on any atom is -0.378 e. The van der Waals surface area contributed by atoms with Gasteiger partial charge in [-0.2, -0.15) is 0 Å². The van der Waals surface area contributed by atoms with Gasteiger partial charge in [-0.3, -0.25) is 4.98 Å². The van der Waals surface area contributed by atoms with E-state index in [2.05, 4.69) is 17.2 Å². The maximum absolute atomic E-state index is 6.17. The molecule has 16 heavy (non-hydrogen) atoms. The number of hydrogen-bond donors (Lipinski definition) is 1. The van der Waals surface area contributed by atoms with E-state index in [1.165, 1.54) is 25.7 Å². The molecule has 1 heterocycles. The lowest BCUT2D eigenvalue weighted by molar-refractivity contribution is 0.279. The van der Waals surface area contributed by atoms with E-state index >= 15 is 0 Å². The molecule has 1 fully saturated rings. The van der Waals surface area contributed by atoms with E-state index in [9.17, 15) is 0 Å². The molecule has 1 aliphatic rings. The second-order valence-electron chi connectivity index (χ2n) is 4.98. The molecule has 0 bridgehead atoms. The lowest BCUT2D eigenvalue weighted by Crippen LogP contribution is -2.44. The first-order chi connectivity index (χ1) is 7.74. The van der Waals surface area contributed by atoms with Crippen molar-refractivity contribution in [1.29, 1.82) is 0 Å². The Morgan fingerprint density at radius 3 is 2.88 bits per heavy atom. The van der Waals surface area contributed by atoms with Crippen molar-refractivity contribution in [2.24, 2.45) is 5.92 Å². The van der Waals surface area contributed by atoms with Crippen molar-refractivity contribution >= 4 is 17.3 Å². The van der Waals surface area contributed by atoms with Crippen LogP contribution in [0.4, 0.5) is 5.69 Å². The summed E-state index contributed by atoms with van der Waals surface area (Å²) in [4.78, 5) is 4.03. The van der Waals surface area contributed by atoms with Crippen LogP contribution in [0.25, 0.3) is 0 Å². The number of aromatic nitrogens is 1. The standard InChI is InChI=1S/C13H19ClN2/c1-11-3-2-6-13(9-11,10-14)16-12-4-7-15-8-5-12/h4-5,7-8,11H,2-3,6,9-10H2,1H3,(H,15,16). The lowest BCUT2D eigenvalue weighted by atomic mass is 9.77. The normalized spacial score (nSPS) is 30.0. The molecule has 0 spiro atoms. The lowest BCUT2D eigenvalue weighted by Gasteiger charge is -2.40. The first kappa shape index (κ1) is 11.7. The van der Waals surface area contributed by atoms with E-state index in [1.807, 2.05) is 24.5 Å². The summed E-state index contributed by atoms with van der Waals surface area (Å²) in [6.45, 7) is 2.31. The fraction of sp³-hybridized carbons (Fsp3) is 0.615. The van der Waals surface area contributed by atoms with Crippen LogP contribution in [0.1, 0.15) is 32.6 Å². The highest BCUT2D eigenvalue weighted by atomic mass is 35.5. The van der Waals surface area contributed by atoms with Crippen LogP contribution in [-0.2, 0) is 0 Å². The molecular weight excluding hydrogens is 220 g/mol. The van der Waals surface area contributed by atoms with Crippen LogP contribution in [0.3, 0.4) is 0 Å². The number of halogens is 1. The molecule has 3 heteroatoms. The van der Waals surface area contributed by atoms with Gasteiger partial charge < -0.3 is 5.32 Å². The van der Waals surface area contributed by atoms with Gasteiger partial charge in [-0.25, -0.2) is 0 Å². The van der Waals surface area contributed by atoms with Crippen molar-refractivity contribution in [3.63, 3.8) is 0 Å². The molecular formula is C13H19ClN2. The van der Waals surface area contributed by atoms with Gasteiger partial charge in [0.1, 0.15) is 0 Å². The third-order valence-electron chi connectivity index (χ3n) is 3.44. The fourth-order valence-electron chi connectivity index (χ4n) is 2.67. The van der Waals surface area contributed by atoms with Gasteiger partial charge in [-0.1, -0.05) is 19.8 Å². The molecule has 0 amide bonds. The highest BCUT2D eigenvalue weighted by Gasteiger charge is 2.33. The molecule has 2 unspecified atom stereocenters. The molecule has 1 saturated carbocycles. The number of alkyl halides is 1. The van der Waals surface area contributed by atoms with Gasteiger partial charge in [-0.05, 0) is 30.9 Å². The highest BCUT2D eigenvalue weighted by molar-refractivity contribution is 6.18. The number of anilines is 1. The molecule has 88 valence electrons. The topological polar surface area (TPSA) is 24.9 Å². The summed E-state index contributed by atoms with van der Waals surface area (Å²) in [6, 6.07) is 4.02. The van der Waals surface area contributed by atoms with Crippen molar-refractivity contribution < 1.29 is 0 Å². The van der Waals surface area contributed by atoms with Crippen molar-refractivity contribution in [1.82, 2.24) is 4.98 Å². The number of nitrogens with one attached hydrogen (secondary N) is 1. The third kappa shape index (κ3) is 2.67. The smallest absolute Gasteiger partial charge is 0.0511 e. The fourth-order valence-corrected chi connectivity index (χ4v) is 2.98. The summed E-state index contributed by atoms with van der Waals surface area (Å²) in [5, 5.41) is 3.60. The Morgan fingerprint density at radius 2 is 2.25 bits per heavy atom. The van der Waals surface area contributed by atoms with E-state index in [0.29, 0.717) is 5.88 Å². The molecule has 1 N–H and O–H groups in total. The second-order valence-corrected chi connectivity index (χ2v) is 5.24. The van der Waals surface area contributed by atoms with Crippen LogP contribution in [0.15, 0.2) is 24.5 Å². The Bertz CT molecular complexity index is 328. The van der Waals surface area contributed by atoms with Crippen molar-refractivity contribution in [2.45, 2.75) is 38.1 Å². The molecule has 2 rings (SSSR count). The minimum absolute atomic E-state index is 0.0839. The maximum Gasteiger partial charge on any atom is 0.0511 e. The predicted molar refractivity (Wildman–Crippen MR) is 68.9 cm³/mol. The summed E-state index contributed by atoms with van der Waals surface area (Å²) >= 11 is 6.17. The third-order valence-corrected chi connectivity index (χ3v) is 3.95. The zero-order chi connectivity index (χ0) is 11.4. The zero-order valence-electron chi connectivity index (χ0n) is 9.75. The number of pyridine rings is 1. The van der Waals surface area contributed by atoms with Crippen LogP contribution >= 0.6 is 11.6 Å². The van der Waals surface area contributed by atoms with E-state index in [-0.39, 0.29) is 5.54 Å². The molecule has 1 aromatic heterocycles. The quantitative estimate of drug-likeness (QED) is 0.813. The Hall–Kier alpha value is -0.760. The molecule has 0 radical (unpaired) electrons. The molecule has 0 saturated heterocycles. The summed E-state index contributed by atoms with van der Waals surface area (Å²) in [5.41, 5.74) is 1.21. The molecule has 1 aliphatic carbocycles. The molecule has 0 aromatic carbocycles. The van der Waals surface area contributed by atoms with Crippen LogP contribution < -0.4 is 5.32 Å². The van der Waals surface area contributed by atoms with E-state index < -0.39 is 0 Å². The van der Waals surface area contributed by atoms with Crippen LogP contribution in [0, 0.1) is 5.92 Å². The maximum atomic E-state index is 6.17. The minimum atomic E-state index is 0.0839. The Labute approximate surface area is 102 Å². The van der Waals surface area contributed by atoms with Crippen LogP contribution in [-0.4, -0.2) is 16.4 Å². The molecule has 2 atom stereocenters. The predicted octanol–water partition coefficient (Wildman–Crippen LogP) is 3.68. The number of rotatable bonds is 3. The first-order valence-corrected chi connectivity index (χ1v) is 6.52. The van der Waals surface area contributed by atoms with Crippen molar-refractivity contribution in [2.75, 3.05) is 11.2 Å². The molecule has 0 aliphatic heterocycles. The zero-order valence-corrected chi connectivity index (χ0v) is 10.5. The van der Waals surface area contributed by atoms with Crippen LogP contribution in [0.2, 0.25) is 0 Å². The monoisotopic (exact) mass is 238 g/mol. The van der Waals surface area contributed by atoms with Gasteiger partial charge >= 0.3 is 0 Å². The highest BCUT2D eigenvalue weighted by Crippen LogP contribution is 2.35. The summed E-state index contributed by atoms with van der Waals surface area (Å²) < 4.78 is 0. The Kier molecular flexibility index (Phi) is 3.70. The van der Waals surface area contributed by atoms with Crippen molar-refractivity contribution in [3.05, 3.63) is 24.5 Å². The first-order valence-electron chi connectivity index (χ1n) is 5.98. The van der Waals surface area contributed by atoms with Gasteiger partial charge in [0.05, 0.1) is 5.54 Å². The van der Waals surface area contributed by atoms with Gasteiger partial charge in [0.25, 0.3) is 0 Å². The van der Waals surface area contributed by atoms with Gasteiger partial charge in [0.2, 0.25) is 0 Å². The van der Waals surface area contributed by atoms with E-state index in [1.54, 1.807) is 0 Å². The summed E-state index contributed by atoms with van der Waals surface area (Å²) in [6.07, 6.45) is 8.57. The van der Waals surface area contributed by atoms with E-state index in [4.69, 9.17) is 11.6 Å². The summed E-state index contributed by atoms with van der Waals surface area (Å²) in [5.74, 6) is 1.45. The second kappa shape index (κ2) is 5.05. The molecule has 2 nitrogen and oxygen atoms in total. The largest absolute Gasteiger partial charge is 0.378 e. The van der Waals surface area contributed by atoms with Gasteiger partial charge in [0, 0.05) is 24.0 Å². The molecule has 1 aromatic rings. The average Bonchev–Trinajstić information content (AvgIpc) is 2.30. The Morgan fingerprint density at radius 1 is 1.50 bits per heavy atom. The SMILES string of the molecule is CC1CCCC(CCl)(Nc2ccncc2)C1. The van der Waals surface area contributed by atoms with E-state index in [0.717, 1.165) is 11.6 Å². The van der Waals surface area contributed by atoms with Gasteiger partial charge in [0.15, 0.2) is 0 Å². The summed E-state index contributed by atoms with van der Waals surface area (Å²) in [7, 11) is 0. The number of hydrogen-bond acceptors (Lipinski definition) is 2. The van der Waals surface area contributed by atoms with Gasteiger partial charge in [-0.15, -0.1) is 11.6 Å². The Balaban J connectivity index is 2.10. The van der Waals surface area contributed by atoms with Crippen molar-refractivity contribution in [3.8, 4) is 0 Å².